The van der Waals surface area contributed by atoms with E-state index in [1.54, 1.807) is 37.4 Å². The first-order chi connectivity index (χ1) is 12.5. The van der Waals surface area contributed by atoms with Gasteiger partial charge < -0.3 is 15.4 Å². The van der Waals surface area contributed by atoms with Gasteiger partial charge in [0.25, 0.3) is 5.91 Å². The molecule has 3 rings (SSSR count). The van der Waals surface area contributed by atoms with Crippen LogP contribution in [0.2, 0.25) is 5.02 Å². The summed E-state index contributed by atoms with van der Waals surface area (Å²) in [7, 11) is 1.55. The Labute approximate surface area is 156 Å². The average Bonchev–Trinajstić information content (AvgIpc) is 2.64. The predicted molar refractivity (Wildman–Crippen MR) is 102 cm³/mol. The standard InChI is InChI=1S/C19H17ClN4O2/c1-12-3-9-17(26-2)16(11-12)22-19(25)15-8-10-18(24-23-15)21-14-6-4-13(20)5-7-14/h3-11H,1-2H3,(H,21,24)(H,22,25). The molecule has 0 bridgehead atoms. The molecule has 2 aromatic carbocycles. The molecule has 0 fully saturated rings. The van der Waals surface area contributed by atoms with Gasteiger partial charge in [0.15, 0.2) is 11.5 Å². The van der Waals surface area contributed by atoms with E-state index >= 15 is 0 Å². The van der Waals surface area contributed by atoms with Crippen molar-refractivity contribution in [3.05, 3.63) is 70.9 Å². The second-order valence-corrected chi connectivity index (χ2v) is 6.03. The number of methoxy groups -OCH3 is 1. The molecule has 6 nitrogen and oxygen atoms in total. The summed E-state index contributed by atoms with van der Waals surface area (Å²) >= 11 is 5.86. The Morgan fingerprint density at radius 1 is 1.04 bits per heavy atom. The molecular weight excluding hydrogens is 352 g/mol. The molecule has 0 atom stereocenters. The van der Waals surface area contributed by atoms with Crippen LogP contribution in [-0.2, 0) is 0 Å². The van der Waals surface area contributed by atoms with Crippen LogP contribution in [0.5, 0.6) is 5.75 Å². The van der Waals surface area contributed by atoms with E-state index < -0.39 is 0 Å². The van der Waals surface area contributed by atoms with Crippen molar-refractivity contribution in [1.29, 1.82) is 0 Å². The molecule has 0 aliphatic rings. The van der Waals surface area contributed by atoms with Gasteiger partial charge in [0.05, 0.1) is 12.8 Å². The number of carbonyl (C=O) groups is 1. The van der Waals surface area contributed by atoms with Crippen LogP contribution in [0.1, 0.15) is 16.1 Å². The highest BCUT2D eigenvalue weighted by Crippen LogP contribution is 2.25. The Morgan fingerprint density at radius 3 is 2.46 bits per heavy atom. The molecule has 0 spiro atoms. The summed E-state index contributed by atoms with van der Waals surface area (Å²) in [5, 5.41) is 14.5. The van der Waals surface area contributed by atoms with Gasteiger partial charge in [-0.2, -0.15) is 0 Å². The molecule has 132 valence electrons. The summed E-state index contributed by atoms with van der Waals surface area (Å²) in [5.74, 6) is 0.745. The van der Waals surface area contributed by atoms with Gasteiger partial charge in [-0.15, -0.1) is 10.2 Å². The Hall–Kier alpha value is -3.12. The van der Waals surface area contributed by atoms with Gasteiger partial charge in [-0.1, -0.05) is 17.7 Å². The van der Waals surface area contributed by atoms with Gasteiger partial charge >= 0.3 is 0 Å². The van der Waals surface area contributed by atoms with Crippen molar-refractivity contribution in [1.82, 2.24) is 10.2 Å². The summed E-state index contributed by atoms with van der Waals surface area (Å²) in [6, 6.07) is 16.0. The summed E-state index contributed by atoms with van der Waals surface area (Å²) in [6.07, 6.45) is 0. The first kappa shape index (κ1) is 17.7. The van der Waals surface area contributed by atoms with E-state index in [9.17, 15) is 4.79 Å². The molecule has 0 saturated heterocycles. The molecule has 3 aromatic rings. The van der Waals surface area contributed by atoms with Crippen molar-refractivity contribution < 1.29 is 9.53 Å². The molecule has 0 aliphatic heterocycles. The Bertz CT molecular complexity index is 912. The number of rotatable bonds is 5. The minimum atomic E-state index is -0.362. The van der Waals surface area contributed by atoms with Gasteiger partial charge in [0.2, 0.25) is 0 Å². The number of anilines is 3. The third-order valence-electron chi connectivity index (χ3n) is 3.62. The summed E-state index contributed by atoms with van der Waals surface area (Å²) in [6.45, 7) is 1.94. The lowest BCUT2D eigenvalue weighted by Gasteiger charge is -2.11. The second-order valence-electron chi connectivity index (χ2n) is 5.59. The van der Waals surface area contributed by atoms with E-state index in [4.69, 9.17) is 16.3 Å². The van der Waals surface area contributed by atoms with Crippen LogP contribution in [0, 0.1) is 6.92 Å². The molecule has 26 heavy (non-hydrogen) atoms. The lowest BCUT2D eigenvalue weighted by atomic mass is 10.2. The van der Waals surface area contributed by atoms with Crippen LogP contribution in [0.3, 0.4) is 0 Å². The van der Waals surface area contributed by atoms with Crippen molar-refractivity contribution in [2.24, 2.45) is 0 Å². The topological polar surface area (TPSA) is 76.1 Å². The maximum absolute atomic E-state index is 12.4. The van der Waals surface area contributed by atoms with Crippen molar-refractivity contribution >= 4 is 34.7 Å². The molecule has 7 heteroatoms. The maximum Gasteiger partial charge on any atom is 0.276 e. The van der Waals surface area contributed by atoms with E-state index in [2.05, 4.69) is 20.8 Å². The fourth-order valence-electron chi connectivity index (χ4n) is 2.31. The van der Waals surface area contributed by atoms with Gasteiger partial charge in [0, 0.05) is 10.7 Å². The van der Waals surface area contributed by atoms with Gasteiger partial charge in [-0.05, 0) is 61.0 Å². The minimum Gasteiger partial charge on any atom is -0.495 e. The predicted octanol–water partition coefficient (Wildman–Crippen LogP) is 4.44. The number of carbonyl (C=O) groups excluding carboxylic acids is 1. The largest absolute Gasteiger partial charge is 0.495 e. The molecule has 0 unspecified atom stereocenters. The first-order valence-corrected chi connectivity index (χ1v) is 8.25. The molecular formula is C19H17ClN4O2. The number of hydrogen-bond donors (Lipinski definition) is 2. The van der Waals surface area contributed by atoms with E-state index in [0.29, 0.717) is 22.3 Å². The molecule has 1 amide bonds. The number of benzene rings is 2. The van der Waals surface area contributed by atoms with E-state index in [0.717, 1.165) is 11.3 Å². The molecule has 1 aromatic heterocycles. The number of ether oxygens (including phenoxy) is 1. The number of nitrogens with zero attached hydrogens (tertiary/aromatic N) is 2. The van der Waals surface area contributed by atoms with Gasteiger partial charge in [-0.25, -0.2) is 0 Å². The fraction of sp³-hybridized carbons (Fsp3) is 0.105. The highest BCUT2D eigenvalue weighted by Gasteiger charge is 2.12. The van der Waals surface area contributed by atoms with Crippen molar-refractivity contribution in [3.8, 4) is 5.75 Å². The highest BCUT2D eigenvalue weighted by molar-refractivity contribution is 6.30. The summed E-state index contributed by atoms with van der Waals surface area (Å²) in [5.41, 5.74) is 2.62. The van der Waals surface area contributed by atoms with Crippen LogP contribution in [0.4, 0.5) is 17.2 Å². The molecule has 2 N–H and O–H groups in total. The van der Waals surface area contributed by atoms with E-state index in [1.165, 1.54) is 0 Å². The summed E-state index contributed by atoms with van der Waals surface area (Å²) < 4.78 is 5.26. The Morgan fingerprint density at radius 2 is 1.81 bits per heavy atom. The first-order valence-electron chi connectivity index (χ1n) is 7.87. The normalized spacial score (nSPS) is 10.3. The maximum atomic E-state index is 12.4. The monoisotopic (exact) mass is 368 g/mol. The van der Waals surface area contributed by atoms with E-state index in [1.807, 2.05) is 31.2 Å². The smallest absolute Gasteiger partial charge is 0.276 e. The second kappa shape index (κ2) is 7.84. The molecule has 1 heterocycles. The summed E-state index contributed by atoms with van der Waals surface area (Å²) in [4.78, 5) is 12.4. The van der Waals surface area contributed by atoms with Crippen LogP contribution in [0.15, 0.2) is 54.6 Å². The SMILES string of the molecule is COc1ccc(C)cc1NC(=O)c1ccc(Nc2ccc(Cl)cc2)nn1. The van der Waals surface area contributed by atoms with Crippen molar-refractivity contribution in [2.75, 3.05) is 17.7 Å². The number of amides is 1. The molecule has 0 radical (unpaired) electrons. The zero-order valence-corrected chi connectivity index (χ0v) is 15.0. The van der Waals surface area contributed by atoms with Crippen LogP contribution >= 0.6 is 11.6 Å². The van der Waals surface area contributed by atoms with Gasteiger partial charge in [-0.3, -0.25) is 4.79 Å². The van der Waals surface area contributed by atoms with Crippen molar-refractivity contribution in [3.63, 3.8) is 0 Å². The zero-order chi connectivity index (χ0) is 18.5. The molecule has 0 saturated carbocycles. The van der Waals surface area contributed by atoms with Crippen molar-refractivity contribution in [2.45, 2.75) is 6.92 Å². The van der Waals surface area contributed by atoms with E-state index in [-0.39, 0.29) is 11.6 Å². The van der Waals surface area contributed by atoms with Gasteiger partial charge in [0.1, 0.15) is 5.75 Å². The Kier molecular flexibility index (Phi) is 5.34. The average molecular weight is 369 g/mol. The third kappa shape index (κ3) is 4.29. The Balaban J connectivity index is 1.71. The zero-order valence-electron chi connectivity index (χ0n) is 14.3. The number of halogens is 1. The number of aromatic nitrogens is 2. The quantitative estimate of drug-likeness (QED) is 0.696. The minimum absolute atomic E-state index is 0.204. The number of aryl methyl sites for hydroxylation is 1. The highest BCUT2D eigenvalue weighted by atomic mass is 35.5. The number of hydrogen-bond acceptors (Lipinski definition) is 5. The van der Waals surface area contributed by atoms with Crippen LogP contribution in [-0.4, -0.2) is 23.2 Å². The lowest BCUT2D eigenvalue weighted by Crippen LogP contribution is -2.15. The van der Waals surface area contributed by atoms with Crippen LogP contribution in [0.25, 0.3) is 0 Å². The number of nitrogens with one attached hydrogen (secondary N) is 2. The third-order valence-corrected chi connectivity index (χ3v) is 3.87. The fourth-order valence-corrected chi connectivity index (χ4v) is 2.43. The van der Waals surface area contributed by atoms with Crippen LogP contribution < -0.4 is 15.4 Å². The lowest BCUT2D eigenvalue weighted by molar-refractivity contribution is 0.102. The molecule has 0 aliphatic carbocycles.